The van der Waals surface area contributed by atoms with Crippen LogP contribution in [0.25, 0.3) is 17.2 Å². The van der Waals surface area contributed by atoms with Crippen LogP contribution in [0.4, 0.5) is 5.82 Å². The Hall–Kier alpha value is -3.72. The molecule has 1 fully saturated rings. The van der Waals surface area contributed by atoms with Crippen molar-refractivity contribution in [1.82, 2.24) is 34.8 Å². The minimum Gasteiger partial charge on any atom is -0.356 e. The standard InChI is InChI=1S/C22H21B2N8O/c23-24-31-12-8-15(9-13-31)19-14-21(32(30-19)20-6-1-2-10-25-20)28-22(33)18-5-3-4-16(27-18)17-7-11-26-29-17/h1-7,10-11,14-15H,8-9,12-13H2,(H,26,29)(H,28,33). The van der Waals surface area contributed by atoms with E-state index in [-0.39, 0.29) is 11.8 Å². The monoisotopic (exact) mass is 435 g/mol. The Morgan fingerprint density at radius 1 is 1.12 bits per heavy atom. The SMILES string of the molecule is [B][B]N1CCC(c2cc(NC(=O)c3cccc(-c4ccn[nH]4)n3)n(-c3ccccn3)n2)CC1. The van der Waals surface area contributed by atoms with E-state index in [0.717, 1.165) is 37.3 Å². The average molecular weight is 435 g/mol. The molecule has 1 saturated heterocycles. The molecule has 0 spiro atoms. The number of amides is 1. The molecule has 9 nitrogen and oxygen atoms in total. The second-order valence-electron chi connectivity index (χ2n) is 7.85. The van der Waals surface area contributed by atoms with Crippen molar-refractivity contribution in [3.05, 3.63) is 72.3 Å². The van der Waals surface area contributed by atoms with Crippen molar-refractivity contribution in [2.75, 3.05) is 18.4 Å². The van der Waals surface area contributed by atoms with Gasteiger partial charge in [-0.15, -0.1) is 0 Å². The van der Waals surface area contributed by atoms with E-state index in [1.807, 2.05) is 30.3 Å². The molecule has 2 N–H and O–H groups in total. The maximum Gasteiger partial charge on any atom is 0.275 e. The van der Waals surface area contributed by atoms with Gasteiger partial charge in [0.05, 0.1) is 17.1 Å². The van der Waals surface area contributed by atoms with Crippen LogP contribution in [0.5, 0.6) is 0 Å². The minimum atomic E-state index is -0.326. The summed E-state index contributed by atoms with van der Waals surface area (Å²) in [5, 5.41) is 14.6. The molecule has 11 heteroatoms. The van der Waals surface area contributed by atoms with Crippen molar-refractivity contribution < 1.29 is 4.79 Å². The zero-order valence-corrected chi connectivity index (χ0v) is 17.9. The zero-order valence-electron chi connectivity index (χ0n) is 17.9. The second-order valence-corrected chi connectivity index (χ2v) is 7.85. The van der Waals surface area contributed by atoms with E-state index in [2.05, 4.69) is 30.3 Å². The van der Waals surface area contributed by atoms with Gasteiger partial charge >= 0.3 is 0 Å². The summed E-state index contributed by atoms with van der Waals surface area (Å²) in [5.41, 5.74) is 2.60. The number of nitrogens with one attached hydrogen (secondary N) is 2. The van der Waals surface area contributed by atoms with Crippen molar-refractivity contribution in [2.45, 2.75) is 18.8 Å². The molecule has 0 aliphatic carbocycles. The number of hydrogen-bond donors (Lipinski definition) is 2. The first-order chi connectivity index (χ1) is 16.2. The highest BCUT2D eigenvalue weighted by atomic mass is 16.2. The van der Waals surface area contributed by atoms with Gasteiger partial charge in [-0.25, -0.2) is 9.97 Å². The molecule has 5 heterocycles. The molecule has 0 aromatic carbocycles. The molecule has 4 aromatic rings. The fourth-order valence-corrected chi connectivity index (χ4v) is 3.98. The van der Waals surface area contributed by atoms with Gasteiger partial charge in [-0.1, -0.05) is 12.1 Å². The van der Waals surface area contributed by atoms with Crippen LogP contribution in [-0.2, 0) is 0 Å². The summed E-state index contributed by atoms with van der Waals surface area (Å²) in [5.74, 6) is 1.14. The van der Waals surface area contributed by atoms with Crippen LogP contribution in [0.2, 0.25) is 0 Å². The Kier molecular flexibility index (Phi) is 6.03. The van der Waals surface area contributed by atoms with E-state index >= 15 is 0 Å². The topological polar surface area (TPSA) is 105 Å². The quantitative estimate of drug-likeness (QED) is 0.450. The molecular weight excluding hydrogens is 414 g/mol. The Morgan fingerprint density at radius 2 is 2.00 bits per heavy atom. The molecule has 3 radical (unpaired) electrons. The van der Waals surface area contributed by atoms with Crippen molar-refractivity contribution in [1.29, 1.82) is 0 Å². The molecule has 0 saturated carbocycles. The number of aromatic nitrogens is 6. The predicted molar refractivity (Wildman–Crippen MR) is 126 cm³/mol. The summed E-state index contributed by atoms with van der Waals surface area (Å²) in [6.07, 6.45) is 5.22. The van der Waals surface area contributed by atoms with Crippen molar-refractivity contribution in [3.63, 3.8) is 0 Å². The van der Waals surface area contributed by atoms with Gasteiger partial charge < -0.3 is 10.1 Å². The molecular formula is C22H21B2N8O. The van der Waals surface area contributed by atoms with E-state index in [9.17, 15) is 4.79 Å². The third-order valence-electron chi connectivity index (χ3n) is 5.75. The summed E-state index contributed by atoms with van der Waals surface area (Å²) in [6.45, 7) is 1.76. The maximum absolute atomic E-state index is 13.1. The van der Waals surface area contributed by atoms with Gasteiger partial charge in [0.1, 0.15) is 18.8 Å². The van der Waals surface area contributed by atoms with Crippen LogP contribution in [0.15, 0.2) is 60.9 Å². The number of H-pyrrole nitrogens is 1. The van der Waals surface area contributed by atoms with E-state index in [1.54, 1.807) is 42.6 Å². The summed E-state index contributed by atoms with van der Waals surface area (Å²) >= 11 is 0. The molecule has 4 aromatic heterocycles. The number of piperidine rings is 1. The second kappa shape index (κ2) is 9.41. The fraction of sp³-hybridized carbons (Fsp3) is 0.227. The highest BCUT2D eigenvalue weighted by Gasteiger charge is 2.24. The largest absolute Gasteiger partial charge is 0.356 e. The summed E-state index contributed by atoms with van der Waals surface area (Å²) in [6, 6.07) is 14.6. The molecule has 1 aliphatic heterocycles. The molecule has 5 rings (SSSR count). The molecule has 0 unspecified atom stereocenters. The molecule has 0 atom stereocenters. The number of hydrogen-bond acceptors (Lipinski definition) is 6. The minimum absolute atomic E-state index is 0.281. The predicted octanol–water partition coefficient (Wildman–Crippen LogP) is 2.19. The summed E-state index contributed by atoms with van der Waals surface area (Å²) in [7, 11) is 7.29. The Bertz CT molecular complexity index is 1220. The first-order valence-corrected chi connectivity index (χ1v) is 10.8. The van der Waals surface area contributed by atoms with Crippen LogP contribution in [0.1, 0.15) is 34.9 Å². The van der Waals surface area contributed by atoms with Crippen LogP contribution >= 0.6 is 0 Å². The lowest BCUT2D eigenvalue weighted by Gasteiger charge is -2.30. The lowest BCUT2D eigenvalue weighted by Crippen LogP contribution is -2.36. The van der Waals surface area contributed by atoms with Crippen molar-refractivity contribution in [3.8, 4) is 17.2 Å². The molecule has 33 heavy (non-hydrogen) atoms. The third kappa shape index (κ3) is 4.58. The summed E-state index contributed by atoms with van der Waals surface area (Å²) < 4.78 is 1.67. The lowest BCUT2D eigenvalue weighted by atomic mass is 9.64. The van der Waals surface area contributed by atoms with E-state index in [0.29, 0.717) is 23.0 Å². The molecule has 1 amide bonds. The van der Waals surface area contributed by atoms with Gasteiger partial charge in [-0.2, -0.15) is 14.9 Å². The number of carbonyl (C=O) groups is 1. The Morgan fingerprint density at radius 3 is 2.73 bits per heavy atom. The number of nitrogens with zero attached hydrogens (tertiary/aromatic N) is 6. The van der Waals surface area contributed by atoms with Crippen LogP contribution in [0, 0.1) is 0 Å². The van der Waals surface area contributed by atoms with Crippen molar-refractivity contribution in [2.24, 2.45) is 0 Å². The van der Waals surface area contributed by atoms with Gasteiger partial charge in [0.25, 0.3) is 5.91 Å². The van der Waals surface area contributed by atoms with Crippen LogP contribution < -0.4 is 5.32 Å². The van der Waals surface area contributed by atoms with Gasteiger partial charge in [-0.3, -0.25) is 9.89 Å². The van der Waals surface area contributed by atoms with E-state index in [1.165, 1.54) is 0 Å². The first kappa shape index (κ1) is 21.1. The molecule has 161 valence electrons. The number of rotatable bonds is 6. The molecule has 1 aliphatic rings. The fourth-order valence-electron chi connectivity index (χ4n) is 3.98. The number of anilines is 1. The zero-order chi connectivity index (χ0) is 22.6. The highest BCUT2D eigenvalue weighted by Crippen LogP contribution is 2.29. The van der Waals surface area contributed by atoms with Gasteiger partial charge in [0.2, 0.25) is 0 Å². The maximum atomic E-state index is 13.1. The van der Waals surface area contributed by atoms with E-state index in [4.69, 9.17) is 12.8 Å². The van der Waals surface area contributed by atoms with Crippen LogP contribution in [-0.4, -0.2) is 68.8 Å². The first-order valence-electron chi connectivity index (χ1n) is 10.8. The Labute approximate surface area is 193 Å². The molecule has 0 bridgehead atoms. The average Bonchev–Trinajstić information content (AvgIpc) is 3.56. The number of pyridine rings is 2. The number of aromatic amines is 1. The third-order valence-corrected chi connectivity index (χ3v) is 5.75. The van der Waals surface area contributed by atoms with Crippen LogP contribution in [0.3, 0.4) is 0 Å². The number of carbonyl (C=O) groups excluding carboxylic acids is 1. The smallest absolute Gasteiger partial charge is 0.275 e. The Balaban J connectivity index is 1.43. The van der Waals surface area contributed by atoms with E-state index < -0.39 is 0 Å². The van der Waals surface area contributed by atoms with Gasteiger partial charge in [-0.05, 0) is 56.3 Å². The normalized spacial score (nSPS) is 14.8. The summed E-state index contributed by atoms with van der Waals surface area (Å²) in [4.78, 5) is 24.1. The van der Waals surface area contributed by atoms with Gasteiger partial charge in [0, 0.05) is 32.1 Å². The van der Waals surface area contributed by atoms with Gasteiger partial charge in [0.15, 0.2) is 5.82 Å². The lowest BCUT2D eigenvalue weighted by molar-refractivity contribution is 0.102. The van der Waals surface area contributed by atoms with Crippen molar-refractivity contribution >= 4 is 26.8 Å². The highest BCUT2D eigenvalue weighted by molar-refractivity contribution is 6.87.